The molecule has 0 aliphatic rings. The smallest absolute Gasteiger partial charge is 0.220 e. The van der Waals surface area contributed by atoms with Crippen molar-refractivity contribution in [2.24, 2.45) is 0 Å². The summed E-state index contributed by atoms with van der Waals surface area (Å²) in [5.41, 5.74) is 0.549. The molecule has 1 N–H and O–H groups in total. The third kappa shape index (κ3) is 4.40. The van der Waals surface area contributed by atoms with Crippen LogP contribution in [0.5, 0.6) is 0 Å². The zero-order chi connectivity index (χ0) is 13.7. The molecule has 0 fully saturated rings. The van der Waals surface area contributed by atoms with Crippen LogP contribution in [0.3, 0.4) is 0 Å². The van der Waals surface area contributed by atoms with Crippen molar-refractivity contribution < 1.29 is 9.18 Å². The van der Waals surface area contributed by atoms with Gasteiger partial charge in [0, 0.05) is 22.5 Å². The van der Waals surface area contributed by atoms with E-state index in [-0.39, 0.29) is 18.1 Å². The molecule has 0 saturated carbocycles. The lowest BCUT2D eigenvalue weighted by molar-refractivity contribution is -0.121. The van der Waals surface area contributed by atoms with Crippen molar-refractivity contribution in [3.8, 4) is 0 Å². The Hall–Kier alpha value is -1.27. The van der Waals surface area contributed by atoms with E-state index >= 15 is 0 Å². The number of thiazole rings is 1. The third-order valence-electron chi connectivity index (χ3n) is 2.56. The molecule has 1 amide bonds. The number of nitrogens with one attached hydrogen (secondary N) is 1. The van der Waals surface area contributed by atoms with Gasteiger partial charge in [-0.1, -0.05) is 22.0 Å². The first-order valence-electron chi connectivity index (χ1n) is 5.74. The van der Waals surface area contributed by atoms with Gasteiger partial charge >= 0.3 is 0 Å². The van der Waals surface area contributed by atoms with Crippen LogP contribution in [-0.2, 0) is 17.8 Å². The number of benzene rings is 1. The van der Waals surface area contributed by atoms with E-state index in [1.165, 1.54) is 17.4 Å². The summed E-state index contributed by atoms with van der Waals surface area (Å²) in [6.45, 7) is 0.430. The molecule has 100 valence electrons. The van der Waals surface area contributed by atoms with Crippen molar-refractivity contribution >= 4 is 33.2 Å². The van der Waals surface area contributed by atoms with Gasteiger partial charge in [-0.05, 0) is 24.1 Å². The van der Waals surface area contributed by atoms with Crippen LogP contribution in [0.4, 0.5) is 4.39 Å². The number of carbonyl (C=O) groups excluding carboxylic acids is 1. The van der Waals surface area contributed by atoms with Crippen molar-refractivity contribution in [2.75, 3.05) is 0 Å². The average molecular weight is 343 g/mol. The highest BCUT2D eigenvalue weighted by Crippen LogP contribution is 2.16. The maximum absolute atomic E-state index is 13.5. The molecule has 0 radical (unpaired) electrons. The lowest BCUT2D eigenvalue weighted by Crippen LogP contribution is -2.23. The highest BCUT2D eigenvalue weighted by molar-refractivity contribution is 9.10. The topological polar surface area (TPSA) is 42.0 Å². The van der Waals surface area contributed by atoms with Gasteiger partial charge in [0.1, 0.15) is 10.8 Å². The number of aryl methyl sites for hydroxylation is 1. The van der Waals surface area contributed by atoms with Crippen molar-refractivity contribution in [3.05, 3.63) is 50.6 Å². The van der Waals surface area contributed by atoms with E-state index in [9.17, 15) is 9.18 Å². The Morgan fingerprint density at radius 2 is 2.32 bits per heavy atom. The molecule has 2 aromatic rings. The van der Waals surface area contributed by atoms with Gasteiger partial charge in [0.25, 0.3) is 0 Å². The van der Waals surface area contributed by atoms with Gasteiger partial charge in [-0.3, -0.25) is 4.79 Å². The standard InChI is InChI=1S/C13H12BrFN2OS/c14-10-3-1-9(11(15)7-10)2-4-12(18)17-8-13-16-5-6-19-13/h1,3,5-7H,2,4,8H2,(H,17,18). The monoisotopic (exact) mass is 342 g/mol. The Bertz CT molecular complexity index is 560. The van der Waals surface area contributed by atoms with Crippen molar-refractivity contribution in [1.82, 2.24) is 10.3 Å². The first-order valence-corrected chi connectivity index (χ1v) is 7.41. The molecule has 1 aromatic heterocycles. The Morgan fingerprint density at radius 1 is 1.47 bits per heavy atom. The van der Waals surface area contributed by atoms with Crippen molar-refractivity contribution in [3.63, 3.8) is 0 Å². The molecule has 0 unspecified atom stereocenters. The van der Waals surface area contributed by atoms with Crippen LogP contribution in [0.15, 0.2) is 34.2 Å². The summed E-state index contributed by atoms with van der Waals surface area (Å²) < 4.78 is 14.2. The van der Waals surface area contributed by atoms with E-state index in [4.69, 9.17) is 0 Å². The quantitative estimate of drug-likeness (QED) is 0.905. The van der Waals surface area contributed by atoms with Gasteiger partial charge < -0.3 is 5.32 Å². The van der Waals surface area contributed by atoms with Crippen LogP contribution >= 0.6 is 27.3 Å². The van der Waals surface area contributed by atoms with E-state index in [1.807, 2.05) is 5.38 Å². The molecular weight excluding hydrogens is 331 g/mol. The SMILES string of the molecule is O=C(CCc1ccc(Br)cc1F)NCc1nccs1. The second kappa shape index (κ2) is 6.77. The molecule has 0 aliphatic heterocycles. The molecule has 0 bridgehead atoms. The Morgan fingerprint density at radius 3 is 3.00 bits per heavy atom. The Balaban J connectivity index is 1.80. The largest absolute Gasteiger partial charge is 0.350 e. The second-order valence-corrected chi connectivity index (χ2v) is 5.83. The van der Waals surface area contributed by atoms with Gasteiger partial charge in [-0.15, -0.1) is 11.3 Å². The number of hydrogen-bond acceptors (Lipinski definition) is 3. The summed E-state index contributed by atoms with van der Waals surface area (Å²) in [4.78, 5) is 15.7. The normalized spacial score (nSPS) is 10.4. The van der Waals surface area contributed by atoms with Crippen LogP contribution < -0.4 is 5.32 Å². The molecule has 2 rings (SSSR count). The van der Waals surface area contributed by atoms with E-state index in [2.05, 4.69) is 26.2 Å². The van der Waals surface area contributed by atoms with Crippen molar-refractivity contribution in [1.29, 1.82) is 0 Å². The van der Waals surface area contributed by atoms with E-state index in [0.29, 0.717) is 23.0 Å². The predicted molar refractivity (Wildman–Crippen MR) is 76.4 cm³/mol. The van der Waals surface area contributed by atoms with Gasteiger partial charge in [-0.25, -0.2) is 9.37 Å². The summed E-state index contributed by atoms with van der Waals surface area (Å²) in [6, 6.07) is 4.86. The fourth-order valence-electron chi connectivity index (χ4n) is 1.58. The minimum atomic E-state index is -0.290. The molecule has 1 aromatic carbocycles. The molecule has 6 heteroatoms. The molecule has 0 spiro atoms. The third-order valence-corrected chi connectivity index (χ3v) is 3.83. The summed E-state index contributed by atoms with van der Waals surface area (Å²) in [7, 11) is 0. The number of amides is 1. The molecule has 0 aliphatic carbocycles. The van der Waals surface area contributed by atoms with Gasteiger partial charge in [0.2, 0.25) is 5.91 Å². The number of rotatable bonds is 5. The number of carbonyl (C=O) groups is 1. The fourth-order valence-corrected chi connectivity index (χ4v) is 2.46. The summed E-state index contributed by atoms with van der Waals surface area (Å²) >= 11 is 4.69. The number of nitrogens with zero attached hydrogens (tertiary/aromatic N) is 1. The first-order chi connectivity index (χ1) is 9.15. The minimum Gasteiger partial charge on any atom is -0.350 e. The molecule has 0 saturated heterocycles. The first kappa shape index (κ1) is 14.1. The zero-order valence-corrected chi connectivity index (χ0v) is 12.4. The summed E-state index contributed by atoms with van der Waals surface area (Å²) in [5.74, 6) is -0.389. The van der Waals surface area contributed by atoms with Crippen LogP contribution in [0.25, 0.3) is 0 Å². The average Bonchev–Trinajstić information content (AvgIpc) is 2.88. The molecule has 1 heterocycles. The lowest BCUT2D eigenvalue weighted by atomic mass is 10.1. The summed E-state index contributed by atoms with van der Waals surface area (Å²) in [5, 5.41) is 5.49. The maximum Gasteiger partial charge on any atom is 0.220 e. The van der Waals surface area contributed by atoms with Gasteiger partial charge in [0.15, 0.2) is 0 Å². The second-order valence-electron chi connectivity index (χ2n) is 3.94. The fraction of sp³-hybridized carbons (Fsp3) is 0.231. The van der Waals surface area contributed by atoms with E-state index in [0.717, 1.165) is 5.01 Å². The number of aromatic nitrogens is 1. The number of hydrogen-bond donors (Lipinski definition) is 1. The van der Waals surface area contributed by atoms with Gasteiger partial charge in [0.05, 0.1) is 6.54 Å². The highest BCUT2D eigenvalue weighted by Gasteiger charge is 2.07. The molecule has 19 heavy (non-hydrogen) atoms. The van der Waals surface area contributed by atoms with Crippen LogP contribution in [0.2, 0.25) is 0 Å². The maximum atomic E-state index is 13.5. The molecule has 3 nitrogen and oxygen atoms in total. The predicted octanol–water partition coefficient (Wildman–Crippen LogP) is 3.29. The molecular formula is C13H12BrFN2OS. The van der Waals surface area contributed by atoms with Crippen LogP contribution in [0, 0.1) is 5.82 Å². The Kier molecular flexibility index (Phi) is 5.04. The van der Waals surface area contributed by atoms with E-state index < -0.39 is 0 Å². The van der Waals surface area contributed by atoms with Crippen molar-refractivity contribution in [2.45, 2.75) is 19.4 Å². The molecule has 0 atom stereocenters. The minimum absolute atomic E-state index is 0.0995. The zero-order valence-electron chi connectivity index (χ0n) is 10.0. The van der Waals surface area contributed by atoms with Crippen LogP contribution in [0.1, 0.15) is 17.0 Å². The van der Waals surface area contributed by atoms with Gasteiger partial charge in [-0.2, -0.15) is 0 Å². The summed E-state index contributed by atoms with van der Waals surface area (Å²) in [6.07, 6.45) is 2.36. The Labute approximate surface area is 123 Å². The highest BCUT2D eigenvalue weighted by atomic mass is 79.9. The lowest BCUT2D eigenvalue weighted by Gasteiger charge is -2.05. The van der Waals surface area contributed by atoms with Crippen LogP contribution in [-0.4, -0.2) is 10.9 Å². The number of halogens is 2. The van der Waals surface area contributed by atoms with E-state index in [1.54, 1.807) is 18.3 Å².